The summed E-state index contributed by atoms with van der Waals surface area (Å²) in [5.41, 5.74) is 0. The highest BCUT2D eigenvalue weighted by Crippen LogP contribution is 2.14. The minimum Gasteiger partial charge on any atom is -0.460 e. The molecule has 1 aliphatic carbocycles. The van der Waals surface area contributed by atoms with Gasteiger partial charge in [-0.05, 0) is 6.92 Å². The summed E-state index contributed by atoms with van der Waals surface area (Å²) in [6.07, 6.45) is 4.50. The zero-order valence-corrected chi connectivity index (χ0v) is 7.05. The van der Waals surface area contributed by atoms with Gasteiger partial charge in [-0.15, -0.1) is 0 Å². The molecule has 0 N–H and O–H groups in total. The van der Waals surface area contributed by atoms with E-state index in [1.165, 1.54) is 26.2 Å². The number of hydrogen-bond donors (Lipinski definition) is 0. The van der Waals surface area contributed by atoms with E-state index in [0.717, 1.165) is 0 Å². The van der Waals surface area contributed by atoms with E-state index in [2.05, 4.69) is 4.74 Å². The van der Waals surface area contributed by atoms with Gasteiger partial charge in [0, 0.05) is 6.92 Å². The fourth-order valence-electron chi connectivity index (χ4n) is 0.233. The van der Waals surface area contributed by atoms with Crippen LogP contribution in [0.15, 0.2) is 0 Å². The number of esters is 1. The van der Waals surface area contributed by atoms with Crippen LogP contribution in [0.5, 0.6) is 0 Å². The first-order chi connectivity index (χ1) is 5.18. The standard InChI is InChI=1S/C5H8O3.C3H6/c1-3-8-5(7)4(2)6;1-2-3-1/h3H2,1-2H3;1-3H2. The van der Waals surface area contributed by atoms with Gasteiger partial charge in [0.2, 0.25) is 5.78 Å². The summed E-state index contributed by atoms with van der Waals surface area (Å²) in [7, 11) is 0. The molecular weight excluding hydrogens is 144 g/mol. The molecule has 0 amide bonds. The lowest BCUT2D eigenvalue weighted by molar-refractivity contribution is -0.152. The van der Waals surface area contributed by atoms with Crippen molar-refractivity contribution in [3.05, 3.63) is 0 Å². The van der Waals surface area contributed by atoms with E-state index in [1.807, 2.05) is 0 Å². The van der Waals surface area contributed by atoms with E-state index >= 15 is 0 Å². The molecule has 0 aromatic heterocycles. The van der Waals surface area contributed by atoms with Crippen LogP contribution < -0.4 is 0 Å². The van der Waals surface area contributed by atoms with Gasteiger partial charge in [-0.1, -0.05) is 19.3 Å². The van der Waals surface area contributed by atoms with Crippen LogP contribution in [0.1, 0.15) is 33.1 Å². The third-order valence-corrected chi connectivity index (χ3v) is 0.916. The van der Waals surface area contributed by atoms with E-state index in [9.17, 15) is 9.59 Å². The van der Waals surface area contributed by atoms with E-state index < -0.39 is 11.8 Å². The molecule has 1 rings (SSSR count). The Kier molecular flexibility index (Phi) is 5.43. The Bertz CT molecular complexity index is 136. The second-order valence-corrected chi connectivity index (χ2v) is 2.34. The van der Waals surface area contributed by atoms with Gasteiger partial charge in [0.25, 0.3) is 0 Å². The van der Waals surface area contributed by atoms with E-state index in [4.69, 9.17) is 0 Å². The number of Topliss-reactive ketones (excluding diaryl/α,β-unsaturated/α-hetero) is 1. The first-order valence-corrected chi connectivity index (χ1v) is 3.86. The summed E-state index contributed by atoms with van der Waals surface area (Å²) in [6, 6.07) is 0. The molecule has 0 heterocycles. The molecule has 0 aliphatic heterocycles. The third kappa shape index (κ3) is 9.14. The Morgan fingerprint density at radius 1 is 1.27 bits per heavy atom. The van der Waals surface area contributed by atoms with Crippen LogP contribution in [0.3, 0.4) is 0 Å². The summed E-state index contributed by atoms with van der Waals surface area (Å²) >= 11 is 0. The summed E-state index contributed by atoms with van der Waals surface area (Å²) in [5.74, 6) is -1.31. The van der Waals surface area contributed by atoms with Gasteiger partial charge in [0.15, 0.2) is 0 Å². The van der Waals surface area contributed by atoms with Crippen molar-refractivity contribution in [2.75, 3.05) is 6.61 Å². The summed E-state index contributed by atoms with van der Waals surface area (Å²) in [5, 5.41) is 0. The van der Waals surface area contributed by atoms with Gasteiger partial charge in [-0.2, -0.15) is 0 Å². The fourth-order valence-corrected chi connectivity index (χ4v) is 0.233. The second-order valence-electron chi connectivity index (χ2n) is 2.34. The maximum Gasteiger partial charge on any atom is 0.374 e. The molecule has 1 saturated carbocycles. The minimum absolute atomic E-state index is 0.262. The average Bonchev–Trinajstić information content (AvgIpc) is 2.72. The molecule has 0 unspecified atom stereocenters. The van der Waals surface area contributed by atoms with Gasteiger partial charge in [0.1, 0.15) is 0 Å². The predicted octanol–water partition coefficient (Wildman–Crippen LogP) is 1.31. The molecule has 3 heteroatoms. The van der Waals surface area contributed by atoms with Gasteiger partial charge in [-0.25, -0.2) is 4.79 Å². The molecule has 0 spiro atoms. The SMILES string of the molecule is C1CC1.CCOC(=O)C(C)=O. The molecule has 64 valence electrons. The van der Waals surface area contributed by atoms with Crippen molar-refractivity contribution in [1.29, 1.82) is 0 Å². The highest BCUT2D eigenvalue weighted by molar-refractivity contribution is 6.32. The first kappa shape index (κ1) is 10.1. The topological polar surface area (TPSA) is 43.4 Å². The lowest BCUT2D eigenvalue weighted by Gasteiger charge is -1.93. The molecule has 1 fully saturated rings. The highest BCUT2D eigenvalue weighted by Gasteiger charge is 2.05. The number of carbonyl (C=O) groups excluding carboxylic acids is 2. The lowest BCUT2D eigenvalue weighted by Crippen LogP contribution is -2.12. The fraction of sp³-hybridized carbons (Fsp3) is 0.750. The molecule has 1 aliphatic rings. The lowest BCUT2D eigenvalue weighted by atomic mass is 10.5. The van der Waals surface area contributed by atoms with Crippen LogP contribution >= 0.6 is 0 Å². The average molecular weight is 158 g/mol. The number of carbonyl (C=O) groups is 2. The molecule has 0 saturated heterocycles. The van der Waals surface area contributed by atoms with Crippen molar-refractivity contribution in [2.24, 2.45) is 0 Å². The van der Waals surface area contributed by atoms with E-state index in [1.54, 1.807) is 6.92 Å². The van der Waals surface area contributed by atoms with Gasteiger partial charge in [-0.3, -0.25) is 4.79 Å². The molecule has 0 aromatic carbocycles. The smallest absolute Gasteiger partial charge is 0.374 e. The minimum atomic E-state index is -0.757. The quantitative estimate of drug-likeness (QED) is 0.449. The van der Waals surface area contributed by atoms with Crippen molar-refractivity contribution in [3.8, 4) is 0 Å². The Hall–Kier alpha value is -0.860. The number of ether oxygens (including phenoxy) is 1. The highest BCUT2D eigenvalue weighted by atomic mass is 16.5. The van der Waals surface area contributed by atoms with Crippen LogP contribution in [-0.2, 0) is 14.3 Å². The number of hydrogen-bond acceptors (Lipinski definition) is 3. The first-order valence-electron chi connectivity index (χ1n) is 3.86. The van der Waals surface area contributed by atoms with Crippen molar-refractivity contribution in [2.45, 2.75) is 33.1 Å². The van der Waals surface area contributed by atoms with Crippen LogP contribution in [-0.4, -0.2) is 18.4 Å². The van der Waals surface area contributed by atoms with Gasteiger partial charge >= 0.3 is 5.97 Å². The zero-order chi connectivity index (χ0) is 8.69. The Labute approximate surface area is 66.7 Å². The summed E-state index contributed by atoms with van der Waals surface area (Å²) in [4.78, 5) is 20.2. The van der Waals surface area contributed by atoms with E-state index in [-0.39, 0.29) is 6.61 Å². The maximum atomic E-state index is 10.2. The van der Waals surface area contributed by atoms with Crippen molar-refractivity contribution in [1.82, 2.24) is 0 Å². The monoisotopic (exact) mass is 158 g/mol. The van der Waals surface area contributed by atoms with Gasteiger partial charge < -0.3 is 4.74 Å². The molecule has 0 atom stereocenters. The number of rotatable bonds is 2. The molecule has 11 heavy (non-hydrogen) atoms. The molecule has 3 nitrogen and oxygen atoms in total. The predicted molar refractivity (Wildman–Crippen MR) is 41.2 cm³/mol. The van der Waals surface area contributed by atoms with Gasteiger partial charge in [0.05, 0.1) is 6.61 Å². The maximum absolute atomic E-state index is 10.2. The van der Waals surface area contributed by atoms with Crippen molar-refractivity contribution >= 4 is 11.8 Å². The summed E-state index contributed by atoms with van der Waals surface area (Å²) in [6.45, 7) is 3.09. The molecule has 0 bridgehead atoms. The second kappa shape index (κ2) is 5.89. The normalized spacial score (nSPS) is 12.5. The van der Waals surface area contributed by atoms with Crippen molar-refractivity contribution in [3.63, 3.8) is 0 Å². The van der Waals surface area contributed by atoms with Crippen LogP contribution in [0.2, 0.25) is 0 Å². The zero-order valence-electron chi connectivity index (χ0n) is 7.05. The molecular formula is C8H14O3. The van der Waals surface area contributed by atoms with E-state index in [0.29, 0.717) is 0 Å². The van der Waals surface area contributed by atoms with Crippen molar-refractivity contribution < 1.29 is 14.3 Å². The van der Waals surface area contributed by atoms with Crippen LogP contribution in [0.4, 0.5) is 0 Å². The summed E-state index contributed by atoms with van der Waals surface area (Å²) < 4.78 is 4.31. The number of ketones is 1. The Morgan fingerprint density at radius 2 is 1.73 bits per heavy atom. The largest absolute Gasteiger partial charge is 0.460 e. The Morgan fingerprint density at radius 3 is 1.82 bits per heavy atom. The molecule has 0 radical (unpaired) electrons. The Balaban J connectivity index is 0.000000271. The van der Waals surface area contributed by atoms with Crippen LogP contribution in [0, 0.1) is 0 Å². The third-order valence-electron chi connectivity index (χ3n) is 0.916. The molecule has 0 aromatic rings. The van der Waals surface area contributed by atoms with Crippen LogP contribution in [0.25, 0.3) is 0 Å².